The molecule has 0 atom stereocenters. The highest BCUT2D eigenvalue weighted by Crippen LogP contribution is 2.31. The van der Waals surface area contributed by atoms with Gasteiger partial charge in [0.1, 0.15) is 18.6 Å². The number of amides is 1. The highest BCUT2D eigenvalue weighted by molar-refractivity contribution is 6.45. The molecule has 31 heavy (non-hydrogen) atoms. The van der Waals surface area contributed by atoms with Crippen molar-refractivity contribution in [2.24, 2.45) is 5.16 Å². The average Bonchev–Trinajstić information content (AvgIpc) is 2.75. The molecule has 0 saturated heterocycles. The van der Waals surface area contributed by atoms with Crippen LogP contribution in [0.15, 0.2) is 53.7 Å². The molecule has 0 aliphatic rings. The molecule has 0 aliphatic carbocycles. The first-order chi connectivity index (χ1) is 14.9. The number of rotatable bonds is 7. The summed E-state index contributed by atoms with van der Waals surface area (Å²) in [4.78, 5) is 24.2. The van der Waals surface area contributed by atoms with E-state index >= 15 is 0 Å². The Kier molecular flexibility index (Phi) is 6.99. The minimum Gasteiger partial charge on any atom is -0.438 e. The van der Waals surface area contributed by atoms with Crippen molar-refractivity contribution in [1.29, 1.82) is 0 Å². The van der Waals surface area contributed by atoms with Crippen LogP contribution in [0.1, 0.15) is 11.1 Å². The van der Waals surface area contributed by atoms with E-state index in [1.165, 1.54) is 20.2 Å². The van der Waals surface area contributed by atoms with Crippen LogP contribution in [-0.4, -0.2) is 35.7 Å². The third kappa shape index (κ3) is 5.26. The van der Waals surface area contributed by atoms with E-state index in [9.17, 15) is 9.18 Å². The molecule has 10 heteroatoms. The van der Waals surface area contributed by atoms with Gasteiger partial charge in [0.05, 0.1) is 11.6 Å². The molecule has 0 aliphatic heterocycles. The Bertz CT molecular complexity index is 1140. The summed E-state index contributed by atoms with van der Waals surface area (Å²) in [5.41, 5.74) is 0.957. The number of nitrogens with zero attached hydrogens (tertiary/aromatic N) is 3. The summed E-state index contributed by atoms with van der Waals surface area (Å²) in [6.07, 6.45) is -1.05. The molecule has 1 aromatic heterocycles. The Morgan fingerprint density at radius 2 is 1.71 bits per heavy atom. The Morgan fingerprint density at radius 3 is 2.39 bits per heavy atom. The van der Waals surface area contributed by atoms with Gasteiger partial charge < -0.3 is 19.6 Å². The highest BCUT2D eigenvalue weighted by Gasteiger charge is 2.19. The van der Waals surface area contributed by atoms with Gasteiger partial charge in [0.15, 0.2) is 5.71 Å². The van der Waals surface area contributed by atoms with E-state index < -0.39 is 12.0 Å². The summed E-state index contributed by atoms with van der Waals surface area (Å²) in [6, 6.07) is 12.9. The Balaban J connectivity index is 1.95. The van der Waals surface area contributed by atoms with E-state index in [4.69, 9.17) is 25.9 Å². The number of hydrogen-bond donors (Lipinski definition) is 1. The summed E-state index contributed by atoms with van der Waals surface area (Å²) in [6.45, 7) is 1.76. The maximum atomic E-state index is 14.1. The second-order valence-electron chi connectivity index (χ2n) is 6.08. The van der Waals surface area contributed by atoms with Gasteiger partial charge in [-0.2, -0.15) is 14.4 Å². The van der Waals surface area contributed by atoms with Crippen LogP contribution in [0.5, 0.6) is 23.3 Å². The maximum Gasteiger partial charge on any atom is 0.315 e. The smallest absolute Gasteiger partial charge is 0.315 e. The van der Waals surface area contributed by atoms with Crippen LogP contribution in [0.2, 0.25) is 5.02 Å². The van der Waals surface area contributed by atoms with E-state index in [-0.39, 0.29) is 23.2 Å². The number of nitrogens with one attached hydrogen (secondary N) is 1. The first kappa shape index (κ1) is 22.0. The average molecular weight is 445 g/mol. The summed E-state index contributed by atoms with van der Waals surface area (Å²) in [7, 11) is 2.77. The molecule has 1 N–H and O–H groups in total. The molecule has 1 heterocycles. The molecule has 2 aromatic carbocycles. The third-order valence-electron chi connectivity index (χ3n) is 4.07. The predicted octanol–water partition coefficient (Wildman–Crippen LogP) is 4.26. The molecule has 3 rings (SSSR count). The number of benzene rings is 2. The molecular weight excluding hydrogens is 427 g/mol. The number of halogens is 2. The van der Waals surface area contributed by atoms with Crippen molar-refractivity contribution in [3.05, 3.63) is 70.8 Å². The summed E-state index contributed by atoms with van der Waals surface area (Å²) < 4.78 is 25.4. The van der Waals surface area contributed by atoms with E-state index in [2.05, 4.69) is 20.4 Å². The van der Waals surface area contributed by atoms with Crippen LogP contribution in [0.3, 0.4) is 0 Å². The minimum absolute atomic E-state index is 0.0267. The second kappa shape index (κ2) is 9.86. The van der Waals surface area contributed by atoms with E-state index in [0.29, 0.717) is 21.9 Å². The molecule has 0 bridgehead atoms. The van der Waals surface area contributed by atoms with E-state index in [0.717, 1.165) is 0 Å². The Labute approximate surface area is 182 Å². The van der Waals surface area contributed by atoms with Crippen LogP contribution in [0, 0.1) is 13.0 Å². The normalized spacial score (nSPS) is 11.1. The maximum absolute atomic E-state index is 14.1. The first-order valence-electron chi connectivity index (χ1n) is 9.01. The van der Waals surface area contributed by atoms with Gasteiger partial charge in [0.25, 0.3) is 5.91 Å². The molecule has 0 fully saturated rings. The zero-order valence-electron chi connectivity index (χ0n) is 16.8. The van der Waals surface area contributed by atoms with Gasteiger partial charge >= 0.3 is 6.08 Å². The van der Waals surface area contributed by atoms with Crippen molar-refractivity contribution >= 4 is 23.2 Å². The lowest BCUT2D eigenvalue weighted by Gasteiger charge is -2.13. The number of para-hydroxylation sites is 1. The minimum atomic E-state index is -1.05. The molecular formula is C21H18ClFN4O4. The van der Waals surface area contributed by atoms with Gasteiger partial charge in [-0.3, -0.25) is 4.79 Å². The molecule has 1 amide bonds. The Morgan fingerprint density at radius 1 is 1.06 bits per heavy atom. The van der Waals surface area contributed by atoms with Crippen molar-refractivity contribution in [2.45, 2.75) is 6.92 Å². The standard InChI is InChI=1S/C21H18ClFN4O4/c1-12-14(22)8-6-10-15(12)30-17-11-18(26-21(23)25-17)31-16-9-5-4-7-13(16)19(27-29-3)20(28)24-2/h4-11H,1-3H3,(H,24,28). The third-order valence-corrected chi connectivity index (χ3v) is 4.48. The zero-order valence-corrected chi connectivity index (χ0v) is 17.6. The fourth-order valence-electron chi connectivity index (χ4n) is 2.58. The highest BCUT2D eigenvalue weighted by atomic mass is 35.5. The van der Waals surface area contributed by atoms with Crippen molar-refractivity contribution in [1.82, 2.24) is 15.3 Å². The fourth-order valence-corrected chi connectivity index (χ4v) is 2.74. The second-order valence-corrected chi connectivity index (χ2v) is 6.49. The van der Waals surface area contributed by atoms with Gasteiger partial charge in [-0.05, 0) is 31.2 Å². The summed E-state index contributed by atoms with van der Waals surface area (Å²) in [5, 5.41) is 6.73. The van der Waals surface area contributed by atoms with Gasteiger partial charge in [-0.1, -0.05) is 35.0 Å². The number of ether oxygens (including phenoxy) is 2. The SMILES string of the molecule is CNC(=O)C(=NOC)c1ccccc1Oc1cc(Oc2cccc(Cl)c2C)nc(F)n1. The zero-order chi connectivity index (χ0) is 22.4. The van der Waals surface area contributed by atoms with E-state index in [1.54, 1.807) is 49.4 Å². The number of oxime groups is 1. The molecule has 0 radical (unpaired) electrons. The van der Waals surface area contributed by atoms with E-state index in [1.807, 2.05) is 0 Å². The van der Waals surface area contributed by atoms with Crippen LogP contribution in [0.4, 0.5) is 4.39 Å². The van der Waals surface area contributed by atoms with Crippen LogP contribution < -0.4 is 14.8 Å². The number of hydrogen-bond acceptors (Lipinski definition) is 7. The lowest BCUT2D eigenvalue weighted by atomic mass is 10.1. The topological polar surface area (TPSA) is 94.9 Å². The van der Waals surface area contributed by atoms with Gasteiger partial charge in [0, 0.05) is 17.6 Å². The molecule has 3 aromatic rings. The molecule has 0 spiro atoms. The lowest BCUT2D eigenvalue weighted by molar-refractivity contribution is -0.114. The van der Waals surface area contributed by atoms with Crippen LogP contribution in [0.25, 0.3) is 0 Å². The van der Waals surface area contributed by atoms with Crippen LogP contribution >= 0.6 is 11.6 Å². The lowest BCUT2D eigenvalue weighted by Crippen LogP contribution is -2.28. The van der Waals surface area contributed by atoms with Crippen molar-refractivity contribution in [3.8, 4) is 23.3 Å². The number of likely N-dealkylation sites (N-methyl/N-ethyl adjacent to an activating group) is 1. The summed E-state index contributed by atoms with van der Waals surface area (Å²) in [5.74, 6) is -0.103. The largest absolute Gasteiger partial charge is 0.438 e. The molecule has 0 unspecified atom stereocenters. The van der Waals surface area contributed by atoms with Crippen molar-refractivity contribution in [3.63, 3.8) is 0 Å². The quantitative estimate of drug-likeness (QED) is 0.332. The molecule has 0 saturated carbocycles. The van der Waals surface area contributed by atoms with Gasteiger partial charge in [-0.15, -0.1) is 0 Å². The van der Waals surface area contributed by atoms with Crippen LogP contribution in [-0.2, 0) is 9.63 Å². The Hall–Kier alpha value is -3.72. The van der Waals surface area contributed by atoms with Crippen molar-refractivity contribution < 1.29 is 23.5 Å². The van der Waals surface area contributed by atoms with Gasteiger partial charge in [-0.25, -0.2) is 0 Å². The first-order valence-corrected chi connectivity index (χ1v) is 9.38. The molecule has 160 valence electrons. The number of carbonyl (C=O) groups is 1. The number of carbonyl (C=O) groups excluding carboxylic acids is 1. The monoisotopic (exact) mass is 444 g/mol. The van der Waals surface area contributed by atoms with Gasteiger partial charge in [0.2, 0.25) is 11.8 Å². The predicted molar refractivity (Wildman–Crippen MR) is 112 cm³/mol. The van der Waals surface area contributed by atoms with Crippen molar-refractivity contribution in [2.75, 3.05) is 14.2 Å². The summed E-state index contributed by atoms with van der Waals surface area (Å²) >= 11 is 6.09. The fraction of sp³-hybridized carbons (Fsp3) is 0.143. The molecule has 8 nitrogen and oxygen atoms in total. The number of aromatic nitrogens is 2.